The molecular weight excluding hydrogens is 260 g/mol. The molecule has 2 N–H and O–H groups in total. The zero-order valence-electron chi connectivity index (χ0n) is 11.1. The van der Waals surface area contributed by atoms with E-state index in [1.54, 1.807) is 19.1 Å². The van der Waals surface area contributed by atoms with Crippen molar-refractivity contribution in [1.82, 2.24) is 4.98 Å². The van der Waals surface area contributed by atoms with E-state index in [0.29, 0.717) is 11.3 Å². The van der Waals surface area contributed by atoms with E-state index in [4.69, 9.17) is 9.52 Å². The van der Waals surface area contributed by atoms with E-state index in [-0.39, 0.29) is 24.1 Å². The van der Waals surface area contributed by atoms with Gasteiger partial charge in [-0.3, -0.25) is 14.9 Å². The second kappa shape index (κ2) is 5.56. The third-order valence-electron chi connectivity index (χ3n) is 2.74. The van der Waals surface area contributed by atoms with Crippen molar-refractivity contribution >= 4 is 17.9 Å². The molecule has 0 aliphatic rings. The highest BCUT2D eigenvalue weighted by Gasteiger charge is 2.15. The molecule has 1 aromatic heterocycles. The number of oxazole rings is 1. The number of rotatable bonds is 4. The van der Waals surface area contributed by atoms with E-state index < -0.39 is 5.97 Å². The summed E-state index contributed by atoms with van der Waals surface area (Å²) >= 11 is 0. The van der Waals surface area contributed by atoms with Gasteiger partial charge >= 0.3 is 12.0 Å². The Hall–Kier alpha value is -2.63. The van der Waals surface area contributed by atoms with E-state index in [2.05, 4.69) is 10.3 Å². The summed E-state index contributed by atoms with van der Waals surface area (Å²) in [6.07, 6.45) is -0.265. The van der Waals surface area contributed by atoms with Crippen LogP contribution < -0.4 is 5.32 Å². The number of hydrogen-bond acceptors (Lipinski definition) is 4. The molecule has 20 heavy (non-hydrogen) atoms. The summed E-state index contributed by atoms with van der Waals surface area (Å²) in [5.74, 6) is -1.13. The summed E-state index contributed by atoms with van der Waals surface area (Å²) in [5.41, 5.74) is 1.98. The summed E-state index contributed by atoms with van der Waals surface area (Å²) in [6, 6.07) is 7.04. The zero-order valence-corrected chi connectivity index (χ0v) is 11.1. The van der Waals surface area contributed by atoms with Crippen LogP contribution in [0, 0.1) is 13.8 Å². The first-order chi connectivity index (χ1) is 9.45. The molecule has 2 aromatic rings. The minimum atomic E-state index is -1.01. The van der Waals surface area contributed by atoms with Crippen molar-refractivity contribution in [3.63, 3.8) is 0 Å². The van der Waals surface area contributed by atoms with Crippen molar-refractivity contribution in [3.05, 3.63) is 46.8 Å². The Morgan fingerprint density at radius 3 is 2.50 bits per heavy atom. The second-order valence-electron chi connectivity index (χ2n) is 4.42. The van der Waals surface area contributed by atoms with Crippen LogP contribution in [-0.2, 0) is 11.2 Å². The summed E-state index contributed by atoms with van der Waals surface area (Å²) in [6.45, 7) is 3.56. The van der Waals surface area contributed by atoms with Crippen LogP contribution in [0.4, 0.5) is 6.01 Å². The number of carboxylic acid groups (broad SMARTS) is 1. The van der Waals surface area contributed by atoms with Crippen molar-refractivity contribution in [3.8, 4) is 0 Å². The fourth-order valence-electron chi connectivity index (χ4n) is 1.66. The largest absolute Gasteiger partial charge is 0.481 e. The fourth-order valence-corrected chi connectivity index (χ4v) is 1.66. The Kier molecular flexibility index (Phi) is 3.84. The molecule has 0 saturated heterocycles. The molecule has 0 spiro atoms. The lowest BCUT2D eigenvalue weighted by Gasteiger charge is -2.01. The van der Waals surface area contributed by atoms with Gasteiger partial charge in [-0.15, -0.1) is 0 Å². The number of aryl methyl sites for hydroxylation is 2. The molecule has 0 fully saturated rings. The van der Waals surface area contributed by atoms with Crippen LogP contribution in [-0.4, -0.2) is 22.0 Å². The van der Waals surface area contributed by atoms with Gasteiger partial charge in [-0.05, 0) is 26.0 Å². The number of nitrogens with zero attached hydrogens (tertiary/aromatic N) is 1. The molecule has 0 radical (unpaired) electrons. The smallest absolute Gasteiger partial charge is 0.311 e. The monoisotopic (exact) mass is 274 g/mol. The molecule has 0 aliphatic carbocycles. The van der Waals surface area contributed by atoms with Gasteiger partial charge in [-0.1, -0.05) is 17.7 Å². The predicted molar refractivity (Wildman–Crippen MR) is 71.7 cm³/mol. The SMILES string of the molecule is Cc1ccc(C(=O)Nc2nc(C)c(CC(=O)O)o2)cc1. The Morgan fingerprint density at radius 1 is 1.25 bits per heavy atom. The summed E-state index contributed by atoms with van der Waals surface area (Å²) in [4.78, 5) is 26.6. The molecule has 0 aliphatic heterocycles. The lowest BCUT2D eigenvalue weighted by molar-refractivity contribution is -0.136. The average Bonchev–Trinajstić information content (AvgIpc) is 2.69. The highest BCUT2D eigenvalue weighted by Crippen LogP contribution is 2.16. The van der Waals surface area contributed by atoms with E-state index in [9.17, 15) is 9.59 Å². The van der Waals surface area contributed by atoms with Crippen molar-refractivity contribution in [2.75, 3.05) is 5.32 Å². The van der Waals surface area contributed by atoms with Gasteiger partial charge < -0.3 is 9.52 Å². The molecule has 6 nitrogen and oxygen atoms in total. The maximum absolute atomic E-state index is 11.9. The number of carbonyl (C=O) groups excluding carboxylic acids is 1. The molecule has 1 aromatic carbocycles. The molecule has 0 saturated carbocycles. The van der Waals surface area contributed by atoms with Crippen molar-refractivity contribution in [2.24, 2.45) is 0 Å². The molecule has 0 bridgehead atoms. The first-order valence-corrected chi connectivity index (χ1v) is 6.02. The molecule has 0 atom stereocenters. The maximum Gasteiger partial charge on any atom is 0.311 e. The standard InChI is InChI=1S/C14H14N2O4/c1-8-3-5-10(6-4-8)13(19)16-14-15-9(2)11(20-14)7-12(17)18/h3-6H,7H2,1-2H3,(H,17,18)(H,15,16,19). The van der Waals surface area contributed by atoms with Crippen LogP contribution in [0.3, 0.4) is 0 Å². The third-order valence-corrected chi connectivity index (χ3v) is 2.74. The average molecular weight is 274 g/mol. The molecule has 0 unspecified atom stereocenters. The lowest BCUT2D eigenvalue weighted by atomic mass is 10.1. The summed E-state index contributed by atoms with van der Waals surface area (Å²) in [5, 5.41) is 11.2. The number of aliphatic carboxylic acids is 1. The maximum atomic E-state index is 11.9. The van der Waals surface area contributed by atoms with Crippen molar-refractivity contribution in [1.29, 1.82) is 0 Å². The quantitative estimate of drug-likeness (QED) is 0.891. The van der Waals surface area contributed by atoms with E-state index in [1.807, 2.05) is 19.1 Å². The van der Waals surface area contributed by atoms with Gasteiger partial charge in [0.2, 0.25) is 0 Å². The van der Waals surface area contributed by atoms with Gasteiger partial charge in [0.1, 0.15) is 12.2 Å². The first kappa shape index (κ1) is 13.8. The lowest BCUT2D eigenvalue weighted by Crippen LogP contribution is -2.11. The van der Waals surface area contributed by atoms with Crippen LogP contribution in [0.1, 0.15) is 27.4 Å². The second-order valence-corrected chi connectivity index (χ2v) is 4.42. The van der Waals surface area contributed by atoms with E-state index >= 15 is 0 Å². The number of nitrogens with one attached hydrogen (secondary N) is 1. The van der Waals surface area contributed by atoms with Crippen molar-refractivity contribution in [2.45, 2.75) is 20.3 Å². The number of aromatic nitrogens is 1. The molecular formula is C14H14N2O4. The topological polar surface area (TPSA) is 92.4 Å². The Balaban J connectivity index is 2.12. The van der Waals surface area contributed by atoms with Gasteiger partial charge in [0.15, 0.2) is 0 Å². The van der Waals surface area contributed by atoms with Gasteiger partial charge in [0.05, 0.1) is 5.69 Å². The molecule has 1 amide bonds. The fraction of sp³-hybridized carbons (Fsp3) is 0.214. The van der Waals surface area contributed by atoms with Crippen LogP contribution in [0.15, 0.2) is 28.7 Å². The number of amides is 1. The Morgan fingerprint density at radius 2 is 1.90 bits per heavy atom. The normalized spacial score (nSPS) is 10.3. The van der Waals surface area contributed by atoms with Crippen molar-refractivity contribution < 1.29 is 19.1 Å². The Labute approximate surface area is 115 Å². The third kappa shape index (κ3) is 3.23. The molecule has 104 valence electrons. The van der Waals surface area contributed by atoms with Gasteiger partial charge in [-0.25, -0.2) is 0 Å². The van der Waals surface area contributed by atoms with E-state index in [0.717, 1.165) is 5.56 Å². The number of anilines is 1. The summed E-state index contributed by atoms with van der Waals surface area (Å²) < 4.78 is 5.22. The van der Waals surface area contributed by atoms with Crippen LogP contribution in [0.2, 0.25) is 0 Å². The van der Waals surface area contributed by atoms with Crippen LogP contribution in [0.5, 0.6) is 0 Å². The minimum Gasteiger partial charge on any atom is -0.481 e. The van der Waals surface area contributed by atoms with Crippen LogP contribution >= 0.6 is 0 Å². The van der Waals surface area contributed by atoms with Gasteiger partial charge in [0.25, 0.3) is 5.91 Å². The summed E-state index contributed by atoms with van der Waals surface area (Å²) in [7, 11) is 0. The zero-order chi connectivity index (χ0) is 14.7. The highest BCUT2D eigenvalue weighted by molar-refractivity contribution is 6.03. The molecule has 1 heterocycles. The number of carboxylic acids is 1. The highest BCUT2D eigenvalue weighted by atomic mass is 16.4. The number of hydrogen-bond donors (Lipinski definition) is 2. The van der Waals surface area contributed by atoms with E-state index in [1.165, 1.54) is 0 Å². The predicted octanol–water partition coefficient (Wildman–Crippen LogP) is 2.17. The first-order valence-electron chi connectivity index (χ1n) is 6.02. The van der Waals surface area contributed by atoms with Crippen LogP contribution in [0.25, 0.3) is 0 Å². The van der Waals surface area contributed by atoms with Gasteiger partial charge in [-0.2, -0.15) is 4.98 Å². The number of carbonyl (C=O) groups is 2. The Bertz CT molecular complexity index is 644. The molecule has 2 rings (SSSR count). The van der Waals surface area contributed by atoms with Gasteiger partial charge in [0, 0.05) is 5.56 Å². The number of benzene rings is 1. The molecule has 6 heteroatoms. The minimum absolute atomic E-state index is 0.00400.